The van der Waals surface area contributed by atoms with Gasteiger partial charge in [0, 0.05) is 11.4 Å². The lowest BCUT2D eigenvalue weighted by Gasteiger charge is -2.19. The summed E-state index contributed by atoms with van der Waals surface area (Å²) in [4.78, 5) is 37.6. The minimum absolute atomic E-state index is 0.0917. The third kappa shape index (κ3) is 2.67. The minimum atomic E-state index is -0.769. The molecule has 1 aromatic carbocycles. The van der Waals surface area contributed by atoms with Gasteiger partial charge in [0.25, 0.3) is 0 Å². The molecule has 3 heterocycles. The fourth-order valence-corrected chi connectivity index (χ4v) is 4.48. The van der Waals surface area contributed by atoms with Crippen LogP contribution < -0.4 is 10.2 Å². The molecule has 0 bridgehead atoms. The molecule has 0 spiro atoms. The number of carboxylic acid groups (broad SMARTS) is 1. The molecule has 0 unspecified atom stereocenters. The number of rotatable bonds is 3. The molecule has 0 saturated heterocycles. The maximum atomic E-state index is 11.5. The highest BCUT2D eigenvalue weighted by Crippen LogP contribution is 2.35. The van der Waals surface area contributed by atoms with Crippen LogP contribution in [0.2, 0.25) is 0 Å². The third-order valence-electron chi connectivity index (χ3n) is 5.01. The van der Waals surface area contributed by atoms with E-state index in [4.69, 9.17) is 0 Å². The maximum Gasteiger partial charge on any atom is 0.306 e. The summed E-state index contributed by atoms with van der Waals surface area (Å²) in [5, 5.41) is 13.5. The predicted octanol–water partition coefficient (Wildman–Crippen LogP) is 2.79. The molecule has 27 heavy (non-hydrogen) atoms. The van der Waals surface area contributed by atoms with E-state index < -0.39 is 11.9 Å². The summed E-state index contributed by atoms with van der Waals surface area (Å²) in [7, 11) is 0. The number of thiazole rings is 1. The van der Waals surface area contributed by atoms with E-state index in [-0.39, 0.29) is 4.87 Å². The number of nitrogens with zero attached hydrogens (tertiary/aromatic N) is 2. The lowest BCUT2D eigenvalue weighted by Crippen LogP contribution is -2.21. The van der Waals surface area contributed by atoms with Gasteiger partial charge < -0.3 is 20.4 Å². The van der Waals surface area contributed by atoms with Crippen molar-refractivity contribution in [1.29, 1.82) is 0 Å². The average molecular weight is 381 g/mol. The number of carboxylic acids is 1. The molecule has 0 saturated carbocycles. The van der Waals surface area contributed by atoms with Crippen LogP contribution in [0.1, 0.15) is 17.7 Å². The smallest absolute Gasteiger partial charge is 0.306 e. The summed E-state index contributed by atoms with van der Waals surface area (Å²) in [6.07, 6.45) is 3.25. The molecule has 0 fully saturated rings. The Morgan fingerprint density at radius 1 is 1.30 bits per heavy atom. The SMILES string of the molecule is O=C(O)[C@H]1CCc2[nH]c3ncnc(Nc4ccc5[nH]c(=O)sc5c4)c3c2C1. The van der Waals surface area contributed by atoms with E-state index in [1.807, 2.05) is 18.2 Å². The number of nitrogens with one attached hydrogen (secondary N) is 3. The molecule has 3 aromatic heterocycles. The van der Waals surface area contributed by atoms with Crippen LogP contribution in [0.4, 0.5) is 11.5 Å². The Morgan fingerprint density at radius 3 is 3.04 bits per heavy atom. The van der Waals surface area contributed by atoms with Crippen LogP contribution in [-0.4, -0.2) is 31.0 Å². The molecule has 0 radical (unpaired) electrons. The number of anilines is 2. The first-order valence-electron chi connectivity index (χ1n) is 8.55. The Labute approximate surface area is 156 Å². The molecule has 9 heteroatoms. The van der Waals surface area contributed by atoms with Gasteiger partial charge in [-0.3, -0.25) is 9.59 Å². The highest BCUT2D eigenvalue weighted by molar-refractivity contribution is 7.16. The van der Waals surface area contributed by atoms with Crippen molar-refractivity contribution < 1.29 is 9.90 Å². The van der Waals surface area contributed by atoms with E-state index >= 15 is 0 Å². The second kappa shape index (κ2) is 5.92. The van der Waals surface area contributed by atoms with Gasteiger partial charge in [0.15, 0.2) is 0 Å². The van der Waals surface area contributed by atoms with Gasteiger partial charge in [0.2, 0.25) is 0 Å². The van der Waals surface area contributed by atoms with E-state index in [1.165, 1.54) is 6.33 Å². The highest BCUT2D eigenvalue weighted by atomic mass is 32.1. The van der Waals surface area contributed by atoms with Crippen LogP contribution in [0.3, 0.4) is 0 Å². The Bertz CT molecular complexity index is 1260. The zero-order chi connectivity index (χ0) is 18.5. The van der Waals surface area contributed by atoms with Gasteiger partial charge in [-0.05, 0) is 43.0 Å². The van der Waals surface area contributed by atoms with Gasteiger partial charge in [-0.25, -0.2) is 9.97 Å². The second-order valence-corrected chi connectivity index (χ2v) is 7.67. The van der Waals surface area contributed by atoms with E-state index in [1.54, 1.807) is 0 Å². The number of aryl methyl sites for hydroxylation is 1. The van der Waals surface area contributed by atoms with Crippen molar-refractivity contribution in [3.8, 4) is 0 Å². The number of hydrogen-bond acceptors (Lipinski definition) is 6. The summed E-state index contributed by atoms with van der Waals surface area (Å²) in [5.41, 5.74) is 4.31. The molecular weight excluding hydrogens is 366 g/mol. The van der Waals surface area contributed by atoms with Gasteiger partial charge in [-0.2, -0.15) is 0 Å². The standard InChI is InChI=1S/C18H15N5O3S/c24-17(25)8-1-3-11-10(5-8)14-15(19-7-20-16(14)22-11)21-9-2-4-12-13(6-9)27-18(26)23-12/h2,4,6-8H,1,3,5H2,(H,23,26)(H,24,25)(H2,19,20,21,22)/t8-/m0/s1. The Hall–Kier alpha value is -3.20. The third-order valence-corrected chi connectivity index (χ3v) is 5.85. The highest BCUT2D eigenvalue weighted by Gasteiger charge is 2.28. The molecule has 0 amide bonds. The number of benzene rings is 1. The average Bonchev–Trinajstić information content (AvgIpc) is 3.20. The zero-order valence-corrected chi connectivity index (χ0v) is 14.9. The number of aliphatic carboxylic acids is 1. The zero-order valence-electron chi connectivity index (χ0n) is 14.1. The molecule has 4 N–H and O–H groups in total. The van der Waals surface area contributed by atoms with Crippen LogP contribution in [0, 0.1) is 5.92 Å². The van der Waals surface area contributed by atoms with Crippen LogP contribution in [-0.2, 0) is 17.6 Å². The monoisotopic (exact) mass is 381 g/mol. The molecule has 136 valence electrons. The Morgan fingerprint density at radius 2 is 2.19 bits per heavy atom. The largest absolute Gasteiger partial charge is 0.481 e. The van der Waals surface area contributed by atoms with Crippen molar-refractivity contribution in [1.82, 2.24) is 19.9 Å². The van der Waals surface area contributed by atoms with Crippen molar-refractivity contribution >= 4 is 50.1 Å². The van der Waals surface area contributed by atoms with Crippen LogP contribution >= 0.6 is 11.3 Å². The molecule has 1 atom stereocenters. The minimum Gasteiger partial charge on any atom is -0.481 e. The molecule has 1 aliphatic rings. The van der Waals surface area contributed by atoms with Crippen molar-refractivity contribution in [3.05, 3.63) is 45.5 Å². The van der Waals surface area contributed by atoms with Crippen molar-refractivity contribution in [2.45, 2.75) is 19.3 Å². The number of hydrogen-bond donors (Lipinski definition) is 4. The fraction of sp³-hybridized carbons (Fsp3) is 0.222. The summed E-state index contributed by atoms with van der Waals surface area (Å²) in [6.45, 7) is 0. The summed E-state index contributed by atoms with van der Waals surface area (Å²) >= 11 is 1.15. The lowest BCUT2D eigenvalue weighted by atomic mass is 9.86. The topological polar surface area (TPSA) is 124 Å². The molecule has 1 aliphatic carbocycles. The number of fused-ring (bicyclic) bond motifs is 4. The maximum absolute atomic E-state index is 11.5. The lowest BCUT2D eigenvalue weighted by molar-refractivity contribution is -0.142. The summed E-state index contributed by atoms with van der Waals surface area (Å²) in [5.74, 6) is -0.530. The number of carbonyl (C=O) groups is 1. The van der Waals surface area contributed by atoms with E-state index in [2.05, 4.69) is 25.3 Å². The van der Waals surface area contributed by atoms with Crippen LogP contribution in [0.15, 0.2) is 29.3 Å². The van der Waals surface area contributed by atoms with Crippen molar-refractivity contribution in [2.24, 2.45) is 5.92 Å². The predicted molar refractivity (Wildman–Crippen MR) is 103 cm³/mol. The molecule has 8 nitrogen and oxygen atoms in total. The number of aromatic nitrogens is 4. The van der Waals surface area contributed by atoms with E-state index in [0.717, 1.165) is 43.9 Å². The molecular formula is C18H15N5O3S. The summed E-state index contributed by atoms with van der Waals surface area (Å²) < 4.78 is 0.859. The number of aromatic amines is 2. The van der Waals surface area contributed by atoms with E-state index in [9.17, 15) is 14.7 Å². The van der Waals surface area contributed by atoms with Gasteiger partial charge in [-0.15, -0.1) is 0 Å². The fourth-order valence-electron chi connectivity index (χ4n) is 3.71. The van der Waals surface area contributed by atoms with Crippen molar-refractivity contribution in [3.63, 3.8) is 0 Å². The van der Waals surface area contributed by atoms with Gasteiger partial charge in [0.1, 0.15) is 17.8 Å². The Balaban J connectivity index is 1.59. The first-order chi connectivity index (χ1) is 13.1. The summed E-state index contributed by atoms with van der Waals surface area (Å²) in [6, 6.07) is 5.62. The van der Waals surface area contributed by atoms with Crippen LogP contribution in [0.5, 0.6) is 0 Å². The first kappa shape index (κ1) is 16.0. The molecule has 0 aliphatic heterocycles. The first-order valence-corrected chi connectivity index (χ1v) is 9.37. The normalized spacial score (nSPS) is 16.5. The molecule has 4 aromatic rings. The second-order valence-electron chi connectivity index (χ2n) is 6.66. The van der Waals surface area contributed by atoms with Crippen molar-refractivity contribution in [2.75, 3.05) is 5.32 Å². The van der Waals surface area contributed by atoms with Gasteiger partial charge in [0.05, 0.1) is 21.5 Å². The Kier molecular flexibility index (Phi) is 3.51. The quantitative estimate of drug-likeness (QED) is 0.433. The molecule has 5 rings (SSSR count). The van der Waals surface area contributed by atoms with Gasteiger partial charge >= 0.3 is 10.8 Å². The van der Waals surface area contributed by atoms with Gasteiger partial charge in [-0.1, -0.05) is 11.3 Å². The van der Waals surface area contributed by atoms with Crippen LogP contribution in [0.25, 0.3) is 21.3 Å². The number of H-pyrrole nitrogens is 2. The van der Waals surface area contributed by atoms with E-state index in [0.29, 0.717) is 30.7 Å².